The quantitative estimate of drug-likeness (QED) is 0.870. The van der Waals surface area contributed by atoms with Crippen LogP contribution in [0.3, 0.4) is 0 Å². The zero-order valence-corrected chi connectivity index (χ0v) is 11.6. The van der Waals surface area contributed by atoms with E-state index in [1.807, 2.05) is 33.0 Å². The molecule has 1 amide bonds. The van der Waals surface area contributed by atoms with Gasteiger partial charge in [0.05, 0.1) is 0 Å². The van der Waals surface area contributed by atoms with Gasteiger partial charge in [0.25, 0.3) is 0 Å². The van der Waals surface area contributed by atoms with Gasteiger partial charge in [-0.15, -0.1) is 0 Å². The first-order valence-corrected chi connectivity index (χ1v) is 6.38. The van der Waals surface area contributed by atoms with Gasteiger partial charge in [0.1, 0.15) is 13.2 Å². The van der Waals surface area contributed by atoms with Crippen LogP contribution < -0.4 is 20.1 Å². The lowest BCUT2D eigenvalue weighted by atomic mass is 10.0. The summed E-state index contributed by atoms with van der Waals surface area (Å²) in [6, 6.07) is 5.42. The van der Waals surface area contributed by atoms with E-state index < -0.39 is 0 Å². The molecule has 19 heavy (non-hydrogen) atoms. The molecule has 1 heterocycles. The third kappa shape index (κ3) is 3.61. The predicted octanol–water partition coefficient (Wildman–Crippen LogP) is 1.78. The van der Waals surface area contributed by atoms with Crippen molar-refractivity contribution < 1.29 is 14.3 Å². The Morgan fingerprint density at radius 2 is 1.95 bits per heavy atom. The number of hydrogen-bond donors (Lipinski definition) is 2. The van der Waals surface area contributed by atoms with Crippen LogP contribution in [-0.2, 0) is 4.79 Å². The molecule has 5 nitrogen and oxygen atoms in total. The summed E-state index contributed by atoms with van der Waals surface area (Å²) in [7, 11) is 1.84. The predicted molar refractivity (Wildman–Crippen MR) is 73.8 cm³/mol. The molecule has 0 spiro atoms. The van der Waals surface area contributed by atoms with Crippen molar-refractivity contribution in [3.63, 3.8) is 0 Å². The van der Waals surface area contributed by atoms with Crippen molar-refractivity contribution in [3.05, 3.63) is 18.2 Å². The molecular weight excluding hydrogens is 244 g/mol. The smallest absolute Gasteiger partial charge is 0.226 e. The third-order valence-electron chi connectivity index (χ3n) is 3.11. The standard InChI is InChI=1S/C14H20N2O3/c1-14(2,15-3)9-13(17)16-10-4-5-11-12(8-10)19-7-6-18-11/h4-5,8,15H,6-7,9H2,1-3H3,(H,16,17). The van der Waals surface area contributed by atoms with Gasteiger partial charge in [-0.05, 0) is 33.0 Å². The van der Waals surface area contributed by atoms with E-state index in [1.54, 1.807) is 6.07 Å². The maximum Gasteiger partial charge on any atom is 0.226 e. The lowest BCUT2D eigenvalue weighted by molar-refractivity contribution is -0.117. The van der Waals surface area contributed by atoms with Gasteiger partial charge in [-0.2, -0.15) is 0 Å². The highest BCUT2D eigenvalue weighted by Crippen LogP contribution is 2.32. The zero-order chi connectivity index (χ0) is 13.9. The molecule has 0 bridgehead atoms. The van der Waals surface area contributed by atoms with Gasteiger partial charge >= 0.3 is 0 Å². The Labute approximate surface area is 113 Å². The molecule has 2 N–H and O–H groups in total. The van der Waals surface area contributed by atoms with Crippen LogP contribution in [0.5, 0.6) is 11.5 Å². The Hall–Kier alpha value is -1.75. The second-order valence-electron chi connectivity index (χ2n) is 5.22. The highest BCUT2D eigenvalue weighted by atomic mass is 16.6. The van der Waals surface area contributed by atoms with Crippen molar-refractivity contribution in [2.75, 3.05) is 25.6 Å². The molecule has 0 atom stereocenters. The van der Waals surface area contributed by atoms with E-state index in [-0.39, 0.29) is 11.4 Å². The lowest BCUT2D eigenvalue weighted by Crippen LogP contribution is -2.39. The molecule has 1 aliphatic rings. The van der Waals surface area contributed by atoms with Gasteiger partial charge in [0.2, 0.25) is 5.91 Å². The average molecular weight is 264 g/mol. The monoisotopic (exact) mass is 264 g/mol. The van der Waals surface area contributed by atoms with E-state index in [0.29, 0.717) is 25.4 Å². The molecule has 1 aliphatic heterocycles. The van der Waals surface area contributed by atoms with Gasteiger partial charge < -0.3 is 20.1 Å². The van der Waals surface area contributed by atoms with Crippen LogP contribution in [0.25, 0.3) is 0 Å². The topological polar surface area (TPSA) is 59.6 Å². The van der Waals surface area contributed by atoms with Gasteiger partial charge in [-0.25, -0.2) is 0 Å². The molecule has 0 aromatic heterocycles. The van der Waals surface area contributed by atoms with Crippen molar-refractivity contribution in [1.82, 2.24) is 5.32 Å². The fourth-order valence-corrected chi connectivity index (χ4v) is 1.82. The number of hydrogen-bond acceptors (Lipinski definition) is 4. The average Bonchev–Trinajstić information content (AvgIpc) is 2.38. The SMILES string of the molecule is CNC(C)(C)CC(=O)Nc1ccc2c(c1)OCCO2. The largest absolute Gasteiger partial charge is 0.486 e. The number of ether oxygens (including phenoxy) is 2. The molecular formula is C14H20N2O3. The minimum atomic E-state index is -0.224. The van der Waals surface area contributed by atoms with E-state index in [4.69, 9.17) is 9.47 Å². The Bertz CT molecular complexity index is 472. The van der Waals surface area contributed by atoms with Gasteiger partial charge in [-0.1, -0.05) is 0 Å². The highest BCUT2D eigenvalue weighted by Gasteiger charge is 2.20. The Morgan fingerprint density at radius 3 is 2.63 bits per heavy atom. The first kappa shape index (κ1) is 13.7. The maximum atomic E-state index is 11.9. The van der Waals surface area contributed by atoms with E-state index in [2.05, 4.69) is 10.6 Å². The van der Waals surface area contributed by atoms with E-state index in [0.717, 1.165) is 11.4 Å². The summed E-state index contributed by atoms with van der Waals surface area (Å²) in [4.78, 5) is 11.9. The number of benzene rings is 1. The van der Waals surface area contributed by atoms with Crippen LogP contribution in [0.4, 0.5) is 5.69 Å². The summed E-state index contributed by atoms with van der Waals surface area (Å²) in [6.45, 7) is 5.07. The molecule has 0 radical (unpaired) electrons. The molecule has 104 valence electrons. The van der Waals surface area contributed by atoms with E-state index in [9.17, 15) is 4.79 Å². The molecule has 0 fully saturated rings. The number of nitrogens with one attached hydrogen (secondary N) is 2. The Kier molecular flexibility index (Phi) is 3.95. The highest BCUT2D eigenvalue weighted by molar-refractivity contribution is 5.91. The van der Waals surface area contributed by atoms with Crippen molar-refractivity contribution in [1.29, 1.82) is 0 Å². The second kappa shape index (κ2) is 5.48. The normalized spacial score (nSPS) is 14.1. The van der Waals surface area contributed by atoms with Crippen LogP contribution in [0.1, 0.15) is 20.3 Å². The van der Waals surface area contributed by atoms with Crippen LogP contribution in [0.2, 0.25) is 0 Å². The summed E-state index contributed by atoms with van der Waals surface area (Å²) in [5.41, 5.74) is 0.499. The Balaban J connectivity index is 2.01. The lowest BCUT2D eigenvalue weighted by Gasteiger charge is -2.23. The molecule has 0 saturated heterocycles. The van der Waals surface area contributed by atoms with Crippen LogP contribution in [0, 0.1) is 0 Å². The molecule has 5 heteroatoms. The summed E-state index contributed by atoms with van der Waals surface area (Å²) < 4.78 is 10.9. The van der Waals surface area contributed by atoms with Crippen LogP contribution in [0.15, 0.2) is 18.2 Å². The van der Waals surface area contributed by atoms with Crippen LogP contribution >= 0.6 is 0 Å². The second-order valence-corrected chi connectivity index (χ2v) is 5.22. The first-order chi connectivity index (χ1) is 9.00. The number of anilines is 1. The minimum absolute atomic E-state index is 0.0315. The minimum Gasteiger partial charge on any atom is -0.486 e. The van der Waals surface area contributed by atoms with Crippen molar-refractivity contribution in [3.8, 4) is 11.5 Å². The van der Waals surface area contributed by atoms with Gasteiger partial charge in [-0.3, -0.25) is 4.79 Å². The number of rotatable bonds is 4. The van der Waals surface area contributed by atoms with Crippen LogP contribution in [-0.4, -0.2) is 31.7 Å². The van der Waals surface area contributed by atoms with Gasteiger partial charge in [0, 0.05) is 23.7 Å². The zero-order valence-electron chi connectivity index (χ0n) is 11.6. The number of fused-ring (bicyclic) bond motifs is 1. The molecule has 1 aromatic carbocycles. The van der Waals surface area contributed by atoms with Crippen molar-refractivity contribution in [2.45, 2.75) is 25.8 Å². The summed E-state index contributed by atoms with van der Waals surface area (Å²) in [6.07, 6.45) is 0.401. The van der Waals surface area contributed by atoms with E-state index in [1.165, 1.54) is 0 Å². The number of carbonyl (C=O) groups is 1. The number of amides is 1. The third-order valence-corrected chi connectivity index (χ3v) is 3.11. The fourth-order valence-electron chi connectivity index (χ4n) is 1.82. The summed E-state index contributed by atoms with van der Waals surface area (Å²) >= 11 is 0. The number of carbonyl (C=O) groups excluding carboxylic acids is 1. The Morgan fingerprint density at radius 1 is 1.26 bits per heavy atom. The fraction of sp³-hybridized carbons (Fsp3) is 0.500. The summed E-state index contributed by atoms with van der Waals surface area (Å²) in [5.74, 6) is 1.37. The molecule has 0 unspecified atom stereocenters. The van der Waals surface area contributed by atoms with Gasteiger partial charge in [0.15, 0.2) is 11.5 Å². The maximum absolute atomic E-state index is 11.9. The van der Waals surface area contributed by atoms with Crippen molar-refractivity contribution in [2.24, 2.45) is 0 Å². The molecule has 2 rings (SSSR count). The first-order valence-electron chi connectivity index (χ1n) is 6.38. The molecule has 0 saturated carbocycles. The molecule has 1 aromatic rings. The summed E-state index contributed by atoms with van der Waals surface area (Å²) in [5, 5.41) is 5.97. The molecule has 0 aliphatic carbocycles. The van der Waals surface area contributed by atoms with Crippen molar-refractivity contribution >= 4 is 11.6 Å². The van der Waals surface area contributed by atoms with E-state index >= 15 is 0 Å².